The van der Waals surface area contributed by atoms with Gasteiger partial charge < -0.3 is 4.42 Å². The van der Waals surface area contributed by atoms with E-state index in [1.54, 1.807) is 0 Å². The van der Waals surface area contributed by atoms with Gasteiger partial charge in [-0.3, -0.25) is 0 Å². The molecular formula is C7H12FNOP2. The Morgan fingerprint density at radius 2 is 2.25 bits per heavy atom. The van der Waals surface area contributed by atoms with Crippen LogP contribution in [-0.2, 0) is 5.16 Å². The van der Waals surface area contributed by atoms with Gasteiger partial charge in [-0.25, -0.2) is 9.37 Å². The molecule has 0 spiro atoms. The molecule has 0 aliphatic rings. The maximum absolute atomic E-state index is 12.7. The lowest BCUT2D eigenvalue weighted by Gasteiger charge is -2.11. The molecule has 2 nitrogen and oxygen atoms in total. The van der Waals surface area contributed by atoms with Gasteiger partial charge in [0.1, 0.15) is 12.0 Å². The fourth-order valence-corrected chi connectivity index (χ4v) is 0.994. The molecule has 1 aromatic heterocycles. The third-order valence-corrected chi connectivity index (χ3v) is 1.94. The first kappa shape index (κ1) is 10.1. The van der Waals surface area contributed by atoms with E-state index >= 15 is 0 Å². The van der Waals surface area contributed by atoms with Crippen molar-refractivity contribution in [2.24, 2.45) is 0 Å². The molecule has 0 aliphatic carbocycles. The SMILES string of the molecule is CC(C)(P)c1nc(C(F)P)co1. The number of hydrogen-bond donors (Lipinski definition) is 0. The highest BCUT2D eigenvalue weighted by molar-refractivity contribution is 7.18. The van der Waals surface area contributed by atoms with E-state index in [1.165, 1.54) is 6.26 Å². The fourth-order valence-electron chi connectivity index (χ4n) is 0.709. The fraction of sp³-hybridized carbons (Fsp3) is 0.571. The quantitative estimate of drug-likeness (QED) is 0.696. The summed E-state index contributed by atoms with van der Waals surface area (Å²) in [5, 5.41) is -0.238. The van der Waals surface area contributed by atoms with Gasteiger partial charge in [0.2, 0.25) is 5.89 Å². The molecule has 0 bridgehead atoms. The van der Waals surface area contributed by atoms with Crippen LogP contribution in [0.3, 0.4) is 0 Å². The zero-order valence-electron chi connectivity index (χ0n) is 7.04. The van der Waals surface area contributed by atoms with E-state index in [-0.39, 0.29) is 5.16 Å². The van der Waals surface area contributed by atoms with Crippen molar-refractivity contribution in [1.29, 1.82) is 0 Å². The maximum Gasteiger partial charge on any atom is 0.203 e. The Kier molecular flexibility index (Phi) is 2.85. The number of oxazole rings is 1. The van der Waals surface area contributed by atoms with Gasteiger partial charge in [0, 0.05) is 0 Å². The molecule has 1 aromatic rings. The van der Waals surface area contributed by atoms with E-state index in [9.17, 15) is 4.39 Å². The Morgan fingerprint density at radius 3 is 2.50 bits per heavy atom. The number of rotatable bonds is 2. The Labute approximate surface area is 75.7 Å². The minimum absolute atomic E-state index is 0.238. The molecule has 0 saturated carbocycles. The van der Waals surface area contributed by atoms with Crippen LogP contribution >= 0.6 is 18.5 Å². The van der Waals surface area contributed by atoms with Gasteiger partial charge in [-0.15, -0.1) is 9.24 Å². The molecule has 1 rings (SSSR count). The van der Waals surface area contributed by atoms with Gasteiger partial charge in [0.05, 0.1) is 5.16 Å². The largest absolute Gasteiger partial charge is 0.448 e. The van der Waals surface area contributed by atoms with Crippen molar-refractivity contribution < 1.29 is 8.81 Å². The molecule has 0 aromatic carbocycles. The van der Waals surface area contributed by atoms with Crippen LogP contribution in [0.4, 0.5) is 4.39 Å². The van der Waals surface area contributed by atoms with Gasteiger partial charge >= 0.3 is 0 Å². The van der Waals surface area contributed by atoms with Crippen molar-refractivity contribution in [3.8, 4) is 0 Å². The van der Waals surface area contributed by atoms with E-state index in [0.29, 0.717) is 11.6 Å². The molecule has 0 radical (unpaired) electrons. The van der Waals surface area contributed by atoms with Gasteiger partial charge in [-0.2, -0.15) is 0 Å². The summed E-state index contributed by atoms with van der Waals surface area (Å²) in [5.41, 5.74) is 0.325. The average molecular weight is 207 g/mol. The second-order valence-corrected chi connectivity index (χ2v) is 5.23. The van der Waals surface area contributed by atoms with E-state index in [1.807, 2.05) is 23.1 Å². The lowest BCUT2D eigenvalue weighted by molar-refractivity contribution is 0.447. The third kappa shape index (κ3) is 2.24. The van der Waals surface area contributed by atoms with E-state index < -0.39 is 5.91 Å². The molecule has 12 heavy (non-hydrogen) atoms. The standard InChI is InChI=1S/C7H12FNOP2/c1-7(2,12)6-9-4(3-10-6)5(8)11/h3,5H,11-12H2,1-2H3. The van der Waals surface area contributed by atoms with E-state index in [4.69, 9.17) is 4.42 Å². The minimum Gasteiger partial charge on any atom is -0.448 e. The summed E-state index contributed by atoms with van der Waals surface area (Å²) in [5.74, 6) is -0.609. The highest BCUT2D eigenvalue weighted by atomic mass is 31.0. The number of hydrogen-bond acceptors (Lipinski definition) is 2. The van der Waals surface area contributed by atoms with Crippen LogP contribution in [0.15, 0.2) is 10.7 Å². The summed E-state index contributed by atoms with van der Waals surface area (Å²) >= 11 is 0. The molecule has 0 saturated heterocycles. The molecule has 1 heterocycles. The third-order valence-electron chi connectivity index (χ3n) is 1.36. The number of aromatic nitrogens is 1. The van der Waals surface area contributed by atoms with Crippen molar-refractivity contribution in [2.45, 2.75) is 24.9 Å². The zero-order valence-corrected chi connectivity index (χ0v) is 9.35. The minimum atomic E-state index is -1.14. The monoisotopic (exact) mass is 207 g/mol. The highest BCUT2D eigenvalue weighted by Gasteiger charge is 2.21. The van der Waals surface area contributed by atoms with Gasteiger partial charge in [0.25, 0.3) is 0 Å². The van der Waals surface area contributed by atoms with Crippen molar-refractivity contribution in [1.82, 2.24) is 4.98 Å². The topological polar surface area (TPSA) is 26.0 Å². The molecule has 68 valence electrons. The molecular weight excluding hydrogens is 195 g/mol. The lowest BCUT2D eigenvalue weighted by atomic mass is 10.2. The Balaban J connectivity index is 2.92. The Hall–Kier alpha value is -0.0000000000000000555. The molecule has 0 aliphatic heterocycles. The first-order valence-corrected chi connectivity index (χ1v) is 4.80. The molecule has 3 unspecified atom stereocenters. The van der Waals surface area contributed by atoms with Gasteiger partial charge in [-0.05, 0) is 13.8 Å². The summed E-state index contributed by atoms with van der Waals surface area (Å²) in [6, 6.07) is 0. The number of nitrogens with zero attached hydrogens (tertiary/aromatic N) is 1. The number of halogens is 1. The second kappa shape index (κ2) is 3.40. The smallest absolute Gasteiger partial charge is 0.203 e. The van der Waals surface area contributed by atoms with Crippen molar-refractivity contribution in [3.05, 3.63) is 17.8 Å². The lowest BCUT2D eigenvalue weighted by Crippen LogP contribution is -2.06. The summed E-state index contributed by atoms with van der Waals surface area (Å²) in [4.78, 5) is 4.00. The summed E-state index contributed by atoms with van der Waals surface area (Å²) < 4.78 is 17.8. The van der Waals surface area contributed by atoms with Gasteiger partial charge in [0.15, 0.2) is 5.91 Å². The first-order valence-electron chi connectivity index (χ1n) is 3.55. The molecule has 0 fully saturated rings. The predicted molar refractivity (Wildman–Crippen MR) is 52.8 cm³/mol. The molecule has 3 atom stereocenters. The Morgan fingerprint density at radius 1 is 1.67 bits per heavy atom. The highest BCUT2D eigenvalue weighted by Crippen LogP contribution is 2.32. The van der Waals surface area contributed by atoms with Crippen molar-refractivity contribution in [2.75, 3.05) is 0 Å². The summed E-state index contributed by atoms with van der Waals surface area (Å²) in [6.45, 7) is 3.87. The van der Waals surface area contributed by atoms with Crippen molar-refractivity contribution >= 4 is 18.5 Å². The van der Waals surface area contributed by atoms with Crippen LogP contribution < -0.4 is 0 Å². The normalized spacial score (nSPS) is 14.8. The van der Waals surface area contributed by atoms with Crippen LogP contribution in [0.5, 0.6) is 0 Å². The second-order valence-electron chi connectivity index (χ2n) is 3.20. The van der Waals surface area contributed by atoms with Crippen molar-refractivity contribution in [3.63, 3.8) is 0 Å². The Bertz CT molecular complexity index is 267. The van der Waals surface area contributed by atoms with Crippen LogP contribution in [0.1, 0.15) is 31.3 Å². The summed E-state index contributed by atoms with van der Waals surface area (Å²) in [7, 11) is 4.62. The molecule has 0 N–H and O–H groups in total. The molecule has 0 amide bonds. The van der Waals surface area contributed by atoms with Gasteiger partial charge in [-0.1, -0.05) is 9.24 Å². The van der Waals surface area contributed by atoms with Crippen LogP contribution in [0.2, 0.25) is 0 Å². The average Bonchev–Trinajstić information content (AvgIpc) is 2.30. The summed E-state index contributed by atoms with van der Waals surface area (Å²) in [6.07, 6.45) is 1.35. The van der Waals surface area contributed by atoms with Crippen LogP contribution in [0, 0.1) is 0 Å². The zero-order chi connectivity index (χ0) is 9.35. The first-order chi connectivity index (χ1) is 5.41. The molecule has 5 heteroatoms. The van der Waals surface area contributed by atoms with E-state index in [2.05, 4.69) is 14.2 Å². The predicted octanol–water partition coefficient (Wildman–Crippen LogP) is 2.63. The number of alkyl halides is 1. The van der Waals surface area contributed by atoms with E-state index in [0.717, 1.165) is 0 Å². The maximum atomic E-state index is 12.7. The van der Waals surface area contributed by atoms with Crippen LogP contribution in [0.25, 0.3) is 0 Å². The van der Waals surface area contributed by atoms with Crippen LogP contribution in [-0.4, -0.2) is 4.98 Å².